The quantitative estimate of drug-likeness (QED) is 0.0800. The van der Waals surface area contributed by atoms with E-state index in [4.69, 9.17) is 18.6 Å². The monoisotopic (exact) mass is 565 g/mol. The summed E-state index contributed by atoms with van der Waals surface area (Å²) >= 11 is 0. The molecule has 0 bridgehead atoms. The molecule has 5 nitrogen and oxygen atoms in total. The number of unbranched alkanes of at least 4 members (excludes halogenated alkanes) is 20. The molecule has 0 atom stereocenters. The van der Waals surface area contributed by atoms with Crippen LogP contribution in [-0.2, 0) is 0 Å². The van der Waals surface area contributed by atoms with Gasteiger partial charge in [0.25, 0.3) is 0 Å². The van der Waals surface area contributed by atoms with Crippen molar-refractivity contribution < 1.29 is 33.4 Å². The topological polar surface area (TPSA) is 92.2 Å². The van der Waals surface area contributed by atoms with E-state index < -0.39 is 10.2 Å². The molecule has 0 aromatic rings. The van der Waals surface area contributed by atoms with Crippen LogP contribution in [0.15, 0.2) is 0 Å². The molecule has 0 aromatic carbocycles. The highest BCUT2D eigenvalue weighted by Gasteiger charge is 2.25. The Balaban J connectivity index is 0. The number of hydrogen-bond acceptors (Lipinski definition) is 4. The Bertz CT molecular complexity index is 370. The van der Waals surface area contributed by atoms with Crippen LogP contribution in [0.25, 0.3) is 0 Å². The molecular formula is C32H68ClNO4. The molecule has 0 aliphatic carbocycles. The highest BCUT2D eigenvalue weighted by atomic mass is 35.7. The van der Waals surface area contributed by atoms with Crippen molar-refractivity contribution in [3.05, 3.63) is 0 Å². The summed E-state index contributed by atoms with van der Waals surface area (Å²) in [5.74, 6) is 0. The molecule has 6 heteroatoms. The van der Waals surface area contributed by atoms with E-state index in [1.807, 2.05) is 0 Å². The summed E-state index contributed by atoms with van der Waals surface area (Å²) in [4.78, 5) is 0. The molecule has 0 aromatic heterocycles. The van der Waals surface area contributed by atoms with Gasteiger partial charge in [-0.15, -0.1) is 10.2 Å². The summed E-state index contributed by atoms with van der Waals surface area (Å²) in [6, 6.07) is 0. The Hall–Kier alpha value is 0.0900. The van der Waals surface area contributed by atoms with Crippen molar-refractivity contribution in [1.82, 2.24) is 0 Å². The summed E-state index contributed by atoms with van der Waals surface area (Å²) in [6.45, 7) is 15.3. The zero-order valence-electron chi connectivity index (χ0n) is 26.3. The first kappa shape index (κ1) is 40.2. The lowest BCUT2D eigenvalue weighted by Gasteiger charge is -2.40. The van der Waals surface area contributed by atoms with Gasteiger partial charge in [0.15, 0.2) is 0 Å². The van der Waals surface area contributed by atoms with Crippen molar-refractivity contribution in [3.8, 4) is 0 Å². The van der Waals surface area contributed by atoms with Crippen LogP contribution in [0.5, 0.6) is 0 Å². The fourth-order valence-corrected chi connectivity index (χ4v) is 5.58. The number of rotatable bonds is 28. The van der Waals surface area contributed by atoms with Crippen LogP contribution < -0.4 is 18.6 Å². The van der Waals surface area contributed by atoms with Crippen LogP contribution in [0.4, 0.5) is 0 Å². The molecule has 0 spiro atoms. The van der Waals surface area contributed by atoms with Crippen molar-refractivity contribution >= 4 is 0 Å². The molecular weight excluding hydrogens is 498 g/mol. The minimum absolute atomic E-state index is 1.37. The second-order valence-electron chi connectivity index (χ2n) is 11.7. The Kier molecular flexibility index (Phi) is 31.8. The molecule has 0 fully saturated rings. The minimum Gasteiger partial charge on any atom is -0.324 e. The standard InChI is InChI=1S/C32H68N.ClHO4/c1-5-9-13-17-21-25-29-33(30-26-22-18-14-10-6-2,31-27-23-19-15-11-7-3)32-28-24-20-16-12-8-4;2-1(3,4)5/h5-32H2,1-4H3;(H,2,3,4,5)/q+1;/p-1. The largest absolute Gasteiger partial charge is 0.324 e. The predicted molar refractivity (Wildman–Crippen MR) is 153 cm³/mol. The van der Waals surface area contributed by atoms with E-state index in [1.165, 1.54) is 185 Å². The third kappa shape index (κ3) is 34.1. The van der Waals surface area contributed by atoms with Gasteiger partial charge in [-0.1, -0.05) is 130 Å². The van der Waals surface area contributed by atoms with Crippen molar-refractivity contribution in [2.75, 3.05) is 26.2 Å². The average molecular weight is 566 g/mol. The van der Waals surface area contributed by atoms with Crippen LogP contribution >= 0.6 is 0 Å². The molecule has 0 heterocycles. The second-order valence-corrected chi connectivity index (χ2v) is 12.4. The molecule has 38 heavy (non-hydrogen) atoms. The summed E-state index contributed by atoms with van der Waals surface area (Å²) in [6.07, 6.45) is 34.8. The number of halogens is 1. The Morgan fingerprint density at radius 2 is 0.474 bits per heavy atom. The average Bonchev–Trinajstić information content (AvgIpc) is 2.86. The van der Waals surface area contributed by atoms with Crippen molar-refractivity contribution in [3.63, 3.8) is 0 Å². The number of quaternary nitrogens is 1. The summed E-state index contributed by atoms with van der Waals surface area (Å²) < 4.78 is 35.4. The Morgan fingerprint density at radius 3 is 0.658 bits per heavy atom. The zero-order valence-corrected chi connectivity index (χ0v) is 27.0. The first-order valence-electron chi connectivity index (χ1n) is 16.7. The van der Waals surface area contributed by atoms with Crippen LogP contribution in [-0.4, -0.2) is 30.7 Å². The van der Waals surface area contributed by atoms with Gasteiger partial charge >= 0.3 is 0 Å². The molecule has 0 unspecified atom stereocenters. The van der Waals surface area contributed by atoms with Gasteiger partial charge in [-0.05, 0) is 51.4 Å². The van der Waals surface area contributed by atoms with Crippen LogP contribution in [0.2, 0.25) is 0 Å². The fourth-order valence-electron chi connectivity index (χ4n) is 5.58. The maximum atomic E-state index is 8.49. The van der Waals surface area contributed by atoms with E-state index in [2.05, 4.69) is 27.7 Å². The Morgan fingerprint density at radius 1 is 0.316 bits per heavy atom. The molecule has 0 N–H and O–H groups in total. The molecule has 0 amide bonds. The van der Waals surface area contributed by atoms with E-state index in [-0.39, 0.29) is 0 Å². The highest BCUT2D eigenvalue weighted by Crippen LogP contribution is 2.20. The second kappa shape index (κ2) is 30.1. The lowest BCUT2D eigenvalue weighted by molar-refractivity contribution is -2.00. The van der Waals surface area contributed by atoms with E-state index in [0.717, 1.165) is 0 Å². The van der Waals surface area contributed by atoms with Gasteiger partial charge in [0.2, 0.25) is 0 Å². The molecule has 0 saturated carbocycles. The SMILES string of the molecule is CCCCCCCC[N+](CCCCCCCC)(CCCCCCCC)CCCCCCCC.[O-][Cl+3]([O-])([O-])[O-]. The van der Waals surface area contributed by atoms with Gasteiger partial charge in [0.05, 0.1) is 26.2 Å². The van der Waals surface area contributed by atoms with E-state index in [0.29, 0.717) is 0 Å². The first-order chi connectivity index (χ1) is 18.2. The molecule has 0 saturated heterocycles. The third-order valence-electron chi connectivity index (χ3n) is 7.94. The summed E-state index contributed by atoms with van der Waals surface area (Å²) in [7, 11) is -4.94. The van der Waals surface area contributed by atoms with Gasteiger partial charge in [-0.3, -0.25) is 0 Å². The van der Waals surface area contributed by atoms with Gasteiger partial charge < -0.3 is 4.48 Å². The van der Waals surface area contributed by atoms with Crippen molar-refractivity contribution in [1.29, 1.82) is 0 Å². The smallest absolute Gasteiger partial charge is 0.0786 e. The zero-order chi connectivity index (χ0) is 28.8. The van der Waals surface area contributed by atoms with E-state index in [1.54, 1.807) is 0 Å². The lowest BCUT2D eigenvalue weighted by atomic mass is 10.0. The Labute approximate surface area is 241 Å². The molecule has 0 radical (unpaired) electrons. The summed E-state index contributed by atoms with van der Waals surface area (Å²) in [5.41, 5.74) is 0. The molecule has 0 rings (SSSR count). The number of hydrogen-bond donors (Lipinski definition) is 0. The highest BCUT2D eigenvalue weighted by molar-refractivity contribution is 4.55. The van der Waals surface area contributed by atoms with Crippen LogP contribution in [0.1, 0.15) is 182 Å². The van der Waals surface area contributed by atoms with Gasteiger partial charge in [0, 0.05) is 0 Å². The molecule has 232 valence electrons. The molecule has 0 aliphatic heterocycles. The predicted octanol–water partition coefficient (Wildman–Crippen LogP) is 6.49. The van der Waals surface area contributed by atoms with E-state index >= 15 is 0 Å². The van der Waals surface area contributed by atoms with Gasteiger partial charge in [-0.25, -0.2) is 18.6 Å². The minimum atomic E-state index is -4.94. The molecule has 0 aliphatic rings. The van der Waals surface area contributed by atoms with Crippen LogP contribution in [0.3, 0.4) is 0 Å². The van der Waals surface area contributed by atoms with Gasteiger partial charge in [-0.2, -0.15) is 0 Å². The van der Waals surface area contributed by atoms with E-state index in [9.17, 15) is 0 Å². The lowest BCUT2D eigenvalue weighted by Crippen LogP contribution is -2.68. The fraction of sp³-hybridized carbons (Fsp3) is 1.00. The maximum absolute atomic E-state index is 8.49. The van der Waals surface area contributed by atoms with Gasteiger partial charge in [0.1, 0.15) is 0 Å². The first-order valence-corrected chi connectivity index (χ1v) is 17.9. The maximum Gasteiger partial charge on any atom is 0.0786 e. The summed E-state index contributed by atoms with van der Waals surface area (Å²) in [5, 5.41) is 0. The van der Waals surface area contributed by atoms with Crippen LogP contribution in [0, 0.1) is 10.2 Å². The third-order valence-corrected chi connectivity index (χ3v) is 7.94. The normalized spacial score (nSPS) is 12.0. The van der Waals surface area contributed by atoms with Crippen molar-refractivity contribution in [2.24, 2.45) is 0 Å². The number of nitrogens with zero attached hydrogens (tertiary/aromatic N) is 1. The van der Waals surface area contributed by atoms with Crippen molar-refractivity contribution in [2.45, 2.75) is 182 Å².